The van der Waals surface area contributed by atoms with E-state index in [9.17, 15) is 29.7 Å². The first kappa shape index (κ1) is 35.0. The van der Waals surface area contributed by atoms with E-state index in [-0.39, 0.29) is 42.0 Å². The zero-order valence-electron chi connectivity index (χ0n) is 27.6. The Hall–Kier alpha value is -4.28. The molecule has 2 aliphatic rings. The summed E-state index contributed by atoms with van der Waals surface area (Å²) in [7, 11) is -4.13. The number of benzene rings is 3. The number of nitro benzene ring substituents is 1. The summed E-state index contributed by atoms with van der Waals surface area (Å²) in [6, 6.07) is 25.0. The van der Waals surface area contributed by atoms with Crippen molar-refractivity contribution in [3.05, 3.63) is 128 Å². The third kappa shape index (κ3) is 7.39. The van der Waals surface area contributed by atoms with Gasteiger partial charge in [-0.15, -0.1) is 0 Å². The van der Waals surface area contributed by atoms with Gasteiger partial charge in [-0.25, -0.2) is 4.79 Å². The molecule has 0 bridgehead atoms. The van der Waals surface area contributed by atoms with Gasteiger partial charge in [0.2, 0.25) is 0 Å². The molecule has 3 aromatic rings. The highest BCUT2D eigenvalue weighted by Gasteiger charge is 2.50. The predicted octanol–water partition coefficient (Wildman–Crippen LogP) is 7.31. The molecular formula is C36H42N3O8P. The number of carboxylic acid groups (broad SMARTS) is 1. The summed E-state index contributed by atoms with van der Waals surface area (Å²) in [4.78, 5) is 28.2. The number of rotatable bonds is 12. The number of nitro groups is 1. The van der Waals surface area contributed by atoms with Crippen LogP contribution in [0.4, 0.5) is 11.4 Å². The standard InChI is InChI=1S/C36H42N3O8P/c1-25-32(35(41)42)33(28-14-11-17-30(20-28)39(43)44)34(48(45)46-23-36(3,4)24-47-48)26(2)38(25)31(22-40)18-19-37(29-15-9-6-10-16-29)21-27-12-7-5-8-13-27/h5-17,20,31,33,40H,18-19,21-24H2,1-4H3,(H,41,42). The molecule has 2 aliphatic heterocycles. The molecule has 2 N–H and O–H groups in total. The lowest BCUT2D eigenvalue weighted by molar-refractivity contribution is -0.384. The van der Waals surface area contributed by atoms with Crippen molar-refractivity contribution in [1.82, 2.24) is 4.90 Å². The second kappa shape index (κ2) is 14.5. The van der Waals surface area contributed by atoms with E-state index in [4.69, 9.17) is 9.05 Å². The molecule has 2 heterocycles. The lowest BCUT2D eigenvalue weighted by Gasteiger charge is -2.45. The first-order valence-electron chi connectivity index (χ1n) is 15.9. The minimum Gasteiger partial charge on any atom is -0.478 e. The average Bonchev–Trinajstić information content (AvgIpc) is 3.07. The van der Waals surface area contributed by atoms with E-state index in [1.54, 1.807) is 24.8 Å². The first-order chi connectivity index (χ1) is 22.8. The molecule has 0 amide bonds. The monoisotopic (exact) mass is 675 g/mol. The molecule has 0 aliphatic carbocycles. The molecule has 1 fully saturated rings. The molecule has 2 unspecified atom stereocenters. The van der Waals surface area contributed by atoms with Gasteiger partial charge in [-0.1, -0.05) is 74.5 Å². The molecule has 0 radical (unpaired) electrons. The Morgan fingerprint density at radius 1 is 1.02 bits per heavy atom. The highest BCUT2D eigenvalue weighted by Crippen LogP contribution is 2.67. The minimum absolute atomic E-state index is 0.1000. The van der Waals surface area contributed by atoms with Gasteiger partial charge in [0, 0.05) is 47.7 Å². The van der Waals surface area contributed by atoms with Crippen LogP contribution in [-0.4, -0.2) is 58.4 Å². The van der Waals surface area contributed by atoms with Gasteiger partial charge >= 0.3 is 13.6 Å². The number of aliphatic hydroxyl groups excluding tert-OH is 1. The van der Waals surface area contributed by atoms with Gasteiger partial charge in [0.15, 0.2) is 0 Å². The zero-order valence-corrected chi connectivity index (χ0v) is 28.5. The van der Waals surface area contributed by atoms with E-state index in [0.717, 1.165) is 11.3 Å². The Labute approximate surface area is 280 Å². The van der Waals surface area contributed by atoms with Crippen LogP contribution in [0.15, 0.2) is 107 Å². The maximum Gasteiger partial charge on any atom is 0.360 e. The van der Waals surface area contributed by atoms with Crippen LogP contribution in [0.3, 0.4) is 0 Å². The number of aliphatic hydroxyl groups is 1. The summed E-state index contributed by atoms with van der Waals surface area (Å²) in [5.41, 5.74) is 2.34. The zero-order chi connectivity index (χ0) is 34.6. The Morgan fingerprint density at radius 3 is 2.23 bits per heavy atom. The SMILES string of the molecule is CC1=C(C(=O)O)C(c2cccc([N+](=O)[O-])c2)C(P2(=O)OCC(C)(C)CO2)=C(C)N1C(CO)CCN(Cc1ccccc1)c1ccccc1. The van der Waals surface area contributed by atoms with E-state index >= 15 is 0 Å². The third-order valence-electron chi connectivity index (χ3n) is 8.88. The van der Waals surface area contributed by atoms with Gasteiger partial charge in [0.1, 0.15) is 0 Å². The molecular weight excluding hydrogens is 633 g/mol. The number of carboxylic acids is 1. The van der Waals surface area contributed by atoms with Crippen molar-refractivity contribution in [2.45, 2.75) is 52.6 Å². The lowest BCUT2D eigenvalue weighted by atomic mass is 9.85. The van der Waals surface area contributed by atoms with Crippen LogP contribution < -0.4 is 4.90 Å². The van der Waals surface area contributed by atoms with E-state index in [0.29, 0.717) is 30.9 Å². The average molecular weight is 676 g/mol. The van der Waals surface area contributed by atoms with Crippen molar-refractivity contribution in [3.63, 3.8) is 0 Å². The van der Waals surface area contributed by atoms with Crippen LogP contribution in [0.25, 0.3) is 0 Å². The summed E-state index contributed by atoms with van der Waals surface area (Å²) in [5, 5.41) is 33.4. The number of nitrogens with zero attached hydrogens (tertiary/aromatic N) is 3. The van der Waals surface area contributed by atoms with Crippen molar-refractivity contribution in [2.24, 2.45) is 5.41 Å². The van der Waals surface area contributed by atoms with Gasteiger partial charge in [0.25, 0.3) is 5.69 Å². The second-order valence-electron chi connectivity index (χ2n) is 13.0. The quantitative estimate of drug-likeness (QED) is 0.114. The molecule has 12 heteroatoms. The summed E-state index contributed by atoms with van der Waals surface area (Å²) in [6.45, 7) is 8.17. The number of allylic oxidation sites excluding steroid dienone is 3. The first-order valence-corrected chi connectivity index (χ1v) is 17.4. The molecule has 11 nitrogen and oxygen atoms in total. The van der Waals surface area contributed by atoms with E-state index in [1.807, 2.05) is 74.5 Å². The molecule has 254 valence electrons. The Balaban J connectivity index is 1.60. The van der Waals surface area contributed by atoms with Crippen LogP contribution in [0.2, 0.25) is 0 Å². The molecule has 5 rings (SSSR count). The van der Waals surface area contributed by atoms with Crippen LogP contribution in [0, 0.1) is 15.5 Å². The van der Waals surface area contributed by atoms with Crippen molar-refractivity contribution in [1.29, 1.82) is 0 Å². The Bertz CT molecular complexity index is 1740. The van der Waals surface area contributed by atoms with Gasteiger partial charge in [-0.3, -0.25) is 14.7 Å². The number of carbonyl (C=O) groups is 1. The third-order valence-corrected chi connectivity index (χ3v) is 11.0. The summed E-state index contributed by atoms with van der Waals surface area (Å²) in [5.74, 6) is -2.45. The van der Waals surface area contributed by atoms with Gasteiger partial charge in [-0.2, -0.15) is 0 Å². The number of para-hydroxylation sites is 1. The topological polar surface area (TPSA) is 143 Å². The fourth-order valence-corrected chi connectivity index (χ4v) is 8.96. The summed E-state index contributed by atoms with van der Waals surface area (Å²) in [6.07, 6.45) is 0.410. The maximum atomic E-state index is 14.7. The molecule has 0 aromatic heterocycles. The van der Waals surface area contributed by atoms with Crippen LogP contribution in [0.1, 0.15) is 51.2 Å². The van der Waals surface area contributed by atoms with Gasteiger partial charge in [0.05, 0.1) is 47.6 Å². The molecule has 2 atom stereocenters. The Kier molecular flexibility index (Phi) is 10.6. The molecule has 0 spiro atoms. The van der Waals surface area contributed by atoms with Gasteiger partial charge < -0.3 is 29.1 Å². The number of anilines is 1. The largest absolute Gasteiger partial charge is 0.478 e. The Morgan fingerprint density at radius 2 is 1.65 bits per heavy atom. The van der Waals surface area contributed by atoms with E-state index in [2.05, 4.69) is 4.90 Å². The number of hydrogen-bond acceptors (Lipinski definition) is 9. The fourth-order valence-electron chi connectivity index (χ4n) is 6.47. The van der Waals surface area contributed by atoms with Gasteiger partial charge in [-0.05, 0) is 43.5 Å². The second-order valence-corrected chi connectivity index (χ2v) is 15.0. The smallest absolute Gasteiger partial charge is 0.360 e. The highest BCUT2D eigenvalue weighted by molar-refractivity contribution is 7.58. The minimum atomic E-state index is -4.13. The number of non-ortho nitro benzene ring substituents is 1. The van der Waals surface area contributed by atoms with Crippen LogP contribution >= 0.6 is 7.60 Å². The van der Waals surface area contributed by atoms with E-state index < -0.39 is 35.9 Å². The number of aliphatic carboxylic acids is 1. The van der Waals surface area contributed by atoms with Crippen molar-refractivity contribution in [2.75, 3.05) is 31.3 Å². The normalized spacial score (nSPS) is 19.6. The lowest BCUT2D eigenvalue weighted by Crippen LogP contribution is -2.43. The molecule has 48 heavy (non-hydrogen) atoms. The predicted molar refractivity (Wildman–Crippen MR) is 183 cm³/mol. The van der Waals surface area contributed by atoms with Crippen LogP contribution in [0.5, 0.6) is 0 Å². The molecule has 0 saturated carbocycles. The van der Waals surface area contributed by atoms with Crippen molar-refractivity contribution < 1.29 is 33.5 Å². The summed E-state index contributed by atoms with van der Waals surface area (Å²) < 4.78 is 26.7. The van der Waals surface area contributed by atoms with Crippen molar-refractivity contribution >= 4 is 24.9 Å². The van der Waals surface area contributed by atoms with Crippen LogP contribution in [-0.2, 0) is 25.0 Å². The summed E-state index contributed by atoms with van der Waals surface area (Å²) >= 11 is 0. The molecule has 1 saturated heterocycles. The molecule has 3 aromatic carbocycles. The maximum absolute atomic E-state index is 14.7. The fraction of sp³-hybridized carbons (Fsp3) is 0.361. The van der Waals surface area contributed by atoms with E-state index in [1.165, 1.54) is 18.2 Å². The van der Waals surface area contributed by atoms with Crippen molar-refractivity contribution in [3.8, 4) is 0 Å². The number of hydrogen-bond donors (Lipinski definition) is 2. The highest BCUT2D eigenvalue weighted by atomic mass is 31.2.